The van der Waals surface area contributed by atoms with Crippen LogP contribution in [0.15, 0.2) is 51.5 Å². The largest absolute Gasteiger partial charge is 0.493 e. The van der Waals surface area contributed by atoms with E-state index in [1.807, 2.05) is 31.2 Å². The molecule has 7 nitrogen and oxygen atoms in total. The van der Waals surface area contributed by atoms with E-state index in [1.165, 1.54) is 0 Å². The molecule has 0 bridgehead atoms. The van der Waals surface area contributed by atoms with Crippen LogP contribution in [0.3, 0.4) is 0 Å². The lowest BCUT2D eigenvalue weighted by Gasteiger charge is -2.12. The zero-order valence-corrected chi connectivity index (χ0v) is 15.9. The Bertz CT molecular complexity index is 882. The Kier molecular flexibility index (Phi) is 6.49. The molecular weight excluding hydrogens is 362 g/mol. The molecule has 2 aromatic heterocycles. The molecule has 0 unspecified atom stereocenters. The van der Waals surface area contributed by atoms with E-state index >= 15 is 0 Å². The van der Waals surface area contributed by atoms with Gasteiger partial charge in [0.2, 0.25) is 0 Å². The Morgan fingerprint density at radius 3 is 2.68 bits per heavy atom. The fourth-order valence-electron chi connectivity index (χ4n) is 2.79. The quantitative estimate of drug-likeness (QED) is 0.565. The topological polar surface area (TPSA) is 94.9 Å². The molecule has 0 saturated heterocycles. The number of oxazole rings is 1. The lowest BCUT2D eigenvalue weighted by Crippen LogP contribution is -2.26. The van der Waals surface area contributed by atoms with E-state index in [4.69, 9.17) is 23.4 Å². The maximum Gasteiger partial charge on any atom is 0.333 e. The van der Waals surface area contributed by atoms with Crippen LogP contribution in [-0.4, -0.2) is 35.4 Å². The van der Waals surface area contributed by atoms with Gasteiger partial charge in [-0.05, 0) is 43.7 Å². The predicted octanol–water partition coefficient (Wildman–Crippen LogP) is 3.90. The molecule has 3 rings (SSSR count). The highest BCUT2D eigenvalue weighted by atomic mass is 16.5. The summed E-state index contributed by atoms with van der Waals surface area (Å²) in [6.45, 7) is 4.45. The van der Waals surface area contributed by atoms with Gasteiger partial charge in [-0.1, -0.05) is 12.1 Å². The van der Waals surface area contributed by atoms with Gasteiger partial charge < -0.3 is 23.4 Å². The van der Waals surface area contributed by atoms with Gasteiger partial charge in [0, 0.05) is 19.4 Å². The minimum absolute atomic E-state index is 0.317. The predicted molar refractivity (Wildman–Crippen MR) is 101 cm³/mol. The number of hydrogen-bond acceptors (Lipinski definition) is 6. The van der Waals surface area contributed by atoms with E-state index in [0.29, 0.717) is 43.5 Å². The summed E-state index contributed by atoms with van der Waals surface area (Å²) >= 11 is 0. The fraction of sp³-hybridized carbons (Fsp3) is 0.333. The highest BCUT2D eigenvalue weighted by Gasteiger charge is 2.18. The van der Waals surface area contributed by atoms with Gasteiger partial charge in [-0.2, -0.15) is 0 Å². The number of rotatable bonds is 10. The third-order valence-corrected chi connectivity index (χ3v) is 4.22. The van der Waals surface area contributed by atoms with Gasteiger partial charge in [0.15, 0.2) is 11.9 Å². The minimum Gasteiger partial charge on any atom is -0.493 e. The molecule has 1 aromatic carbocycles. The normalized spacial score (nSPS) is 12.1. The Morgan fingerprint density at radius 2 is 2.04 bits per heavy atom. The number of carboxylic acid groups (broad SMARTS) is 1. The summed E-state index contributed by atoms with van der Waals surface area (Å²) in [5, 5.41) is 9.16. The molecule has 2 heterocycles. The van der Waals surface area contributed by atoms with Crippen molar-refractivity contribution in [3.8, 4) is 17.4 Å². The van der Waals surface area contributed by atoms with Crippen LogP contribution in [0.2, 0.25) is 0 Å². The fourth-order valence-corrected chi connectivity index (χ4v) is 2.79. The van der Waals surface area contributed by atoms with Crippen molar-refractivity contribution in [2.45, 2.75) is 32.8 Å². The molecule has 1 atom stereocenters. The zero-order chi connectivity index (χ0) is 19.9. The average Bonchev–Trinajstić information content (AvgIpc) is 3.33. The van der Waals surface area contributed by atoms with Crippen molar-refractivity contribution < 1.29 is 28.2 Å². The van der Waals surface area contributed by atoms with Crippen LogP contribution in [0.5, 0.6) is 5.75 Å². The molecule has 7 heteroatoms. The molecule has 0 saturated carbocycles. The number of nitrogens with zero attached hydrogens (tertiary/aromatic N) is 1. The zero-order valence-electron chi connectivity index (χ0n) is 15.9. The number of aromatic nitrogens is 1. The summed E-state index contributed by atoms with van der Waals surface area (Å²) in [5.74, 6) is 1.54. The van der Waals surface area contributed by atoms with Crippen LogP contribution < -0.4 is 4.74 Å². The van der Waals surface area contributed by atoms with Gasteiger partial charge in [-0.25, -0.2) is 9.78 Å². The third kappa shape index (κ3) is 5.01. The third-order valence-electron chi connectivity index (χ3n) is 4.22. The summed E-state index contributed by atoms with van der Waals surface area (Å²) in [6, 6.07) is 10.9. The van der Waals surface area contributed by atoms with Gasteiger partial charge in [0.05, 0.1) is 18.6 Å². The molecule has 3 aromatic rings. The smallest absolute Gasteiger partial charge is 0.333 e. The maximum atomic E-state index is 11.2. The molecule has 1 N–H and O–H groups in total. The Hall–Kier alpha value is -3.06. The van der Waals surface area contributed by atoms with Crippen LogP contribution in [0.25, 0.3) is 11.7 Å². The lowest BCUT2D eigenvalue weighted by atomic mass is 10.1. The number of carboxylic acids is 1. The van der Waals surface area contributed by atoms with Crippen molar-refractivity contribution in [1.29, 1.82) is 0 Å². The molecule has 28 heavy (non-hydrogen) atoms. The standard InChI is InChI=1S/C21H23NO6/c1-3-25-19(21(23)24)13-15-6-8-16(9-7-15)26-12-10-17-14(2)28-20(22-17)18-5-4-11-27-18/h4-9,11,19H,3,10,12-13H2,1-2H3,(H,23,24)/t19-/m0/s1. The van der Waals surface area contributed by atoms with Crippen molar-refractivity contribution in [2.24, 2.45) is 0 Å². The Labute approximate surface area is 162 Å². The second kappa shape index (κ2) is 9.23. The van der Waals surface area contributed by atoms with E-state index in [-0.39, 0.29) is 0 Å². The first-order chi connectivity index (χ1) is 13.6. The summed E-state index contributed by atoms with van der Waals surface area (Å²) < 4.78 is 21.9. The lowest BCUT2D eigenvalue weighted by molar-refractivity contribution is -0.149. The van der Waals surface area contributed by atoms with Crippen molar-refractivity contribution >= 4 is 5.97 Å². The molecular formula is C21H23NO6. The van der Waals surface area contributed by atoms with Gasteiger partial charge in [0.25, 0.3) is 5.89 Å². The van der Waals surface area contributed by atoms with Crippen LogP contribution >= 0.6 is 0 Å². The molecule has 0 radical (unpaired) electrons. The van der Waals surface area contributed by atoms with Crippen molar-refractivity contribution in [2.75, 3.05) is 13.2 Å². The van der Waals surface area contributed by atoms with Crippen molar-refractivity contribution in [3.63, 3.8) is 0 Å². The summed E-state index contributed by atoms with van der Waals surface area (Å²) in [4.78, 5) is 15.6. The van der Waals surface area contributed by atoms with Crippen LogP contribution in [0, 0.1) is 6.92 Å². The molecule has 0 spiro atoms. The van der Waals surface area contributed by atoms with Gasteiger partial charge in [0.1, 0.15) is 11.5 Å². The maximum absolute atomic E-state index is 11.2. The number of hydrogen-bond donors (Lipinski definition) is 1. The SMILES string of the molecule is CCO[C@@H](Cc1ccc(OCCc2nc(-c3ccco3)oc2C)cc1)C(=O)O. The van der Waals surface area contributed by atoms with Gasteiger partial charge in [-0.3, -0.25) is 0 Å². The van der Waals surface area contributed by atoms with Gasteiger partial charge >= 0.3 is 5.97 Å². The first-order valence-corrected chi connectivity index (χ1v) is 9.13. The van der Waals surface area contributed by atoms with Crippen LogP contribution in [0.4, 0.5) is 0 Å². The monoisotopic (exact) mass is 385 g/mol. The number of carbonyl (C=O) groups is 1. The number of aliphatic carboxylic acids is 1. The molecule has 0 aliphatic rings. The number of aryl methyl sites for hydroxylation is 1. The molecule has 0 amide bonds. The number of ether oxygens (including phenoxy) is 2. The van der Waals surface area contributed by atoms with E-state index in [0.717, 1.165) is 17.0 Å². The molecule has 0 aliphatic carbocycles. The van der Waals surface area contributed by atoms with Crippen molar-refractivity contribution in [3.05, 3.63) is 59.7 Å². The Balaban J connectivity index is 1.52. The Morgan fingerprint density at radius 1 is 1.25 bits per heavy atom. The summed E-state index contributed by atoms with van der Waals surface area (Å²) in [6.07, 6.45) is 1.66. The first-order valence-electron chi connectivity index (χ1n) is 9.13. The van der Waals surface area contributed by atoms with E-state index in [1.54, 1.807) is 25.3 Å². The summed E-state index contributed by atoms with van der Waals surface area (Å²) in [5.41, 5.74) is 1.70. The van der Waals surface area contributed by atoms with Crippen LogP contribution in [0.1, 0.15) is 23.9 Å². The first kappa shape index (κ1) is 19.7. The molecule has 0 fully saturated rings. The van der Waals surface area contributed by atoms with Crippen molar-refractivity contribution in [1.82, 2.24) is 4.98 Å². The number of benzene rings is 1. The second-order valence-electron chi connectivity index (χ2n) is 6.23. The molecule has 148 valence electrons. The van der Waals surface area contributed by atoms with Crippen LogP contribution in [-0.2, 0) is 22.4 Å². The summed E-state index contributed by atoms with van der Waals surface area (Å²) in [7, 11) is 0. The molecule has 0 aliphatic heterocycles. The minimum atomic E-state index is -0.959. The number of furan rings is 1. The van der Waals surface area contributed by atoms with E-state index in [9.17, 15) is 4.79 Å². The highest BCUT2D eigenvalue weighted by Crippen LogP contribution is 2.22. The van der Waals surface area contributed by atoms with E-state index < -0.39 is 12.1 Å². The van der Waals surface area contributed by atoms with E-state index in [2.05, 4.69) is 4.98 Å². The average molecular weight is 385 g/mol. The van der Waals surface area contributed by atoms with Gasteiger partial charge in [-0.15, -0.1) is 0 Å². The highest BCUT2D eigenvalue weighted by molar-refractivity contribution is 5.72. The second-order valence-corrected chi connectivity index (χ2v) is 6.23.